The molecular formula is C53H53BN2O. The molecule has 0 saturated heterocycles. The number of hydrogen-bond donors (Lipinski definition) is 0. The number of rotatable bonds is 2. The minimum absolute atomic E-state index is 0.00644. The minimum atomic E-state index is -0.0558. The fraction of sp³-hybridized carbons (Fsp3) is 0.321. The zero-order valence-corrected chi connectivity index (χ0v) is 35.1. The molecule has 11 rings (SSSR count). The van der Waals surface area contributed by atoms with Gasteiger partial charge in [0.1, 0.15) is 11.2 Å². The van der Waals surface area contributed by atoms with Gasteiger partial charge in [-0.3, -0.25) is 0 Å². The Kier molecular flexibility index (Phi) is 7.04. The van der Waals surface area contributed by atoms with E-state index in [0.717, 1.165) is 11.2 Å². The molecule has 3 nitrogen and oxygen atoms in total. The van der Waals surface area contributed by atoms with Crippen molar-refractivity contribution < 1.29 is 4.42 Å². The van der Waals surface area contributed by atoms with E-state index in [0.29, 0.717) is 0 Å². The molecule has 7 aromatic rings. The number of anilines is 4. The number of fused-ring (bicyclic) bond motifs is 11. The summed E-state index contributed by atoms with van der Waals surface area (Å²) in [6.07, 6.45) is 4.91. The Balaban J connectivity index is 1.32. The number of benzene rings is 6. The molecule has 1 saturated carbocycles. The lowest BCUT2D eigenvalue weighted by molar-refractivity contribution is 0.199. The molecule has 6 aromatic carbocycles. The molecule has 0 spiro atoms. The molecule has 57 heavy (non-hydrogen) atoms. The van der Waals surface area contributed by atoms with Gasteiger partial charge in [-0.1, -0.05) is 134 Å². The van der Waals surface area contributed by atoms with Crippen molar-refractivity contribution in [1.29, 1.82) is 0 Å². The summed E-state index contributed by atoms with van der Waals surface area (Å²) in [7, 11) is 0. The van der Waals surface area contributed by atoms with E-state index in [1.807, 2.05) is 0 Å². The van der Waals surface area contributed by atoms with Gasteiger partial charge in [0.25, 0.3) is 0 Å². The van der Waals surface area contributed by atoms with Gasteiger partial charge in [0, 0.05) is 38.8 Å². The fourth-order valence-corrected chi connectivity index (χ4v) is 11.5. The highest BCUT2D eigenvalue weighted by atomic mass is 16.3. The molecule has 284 valence electrons. The minimum Gasteiger partial charge on any atom is -0.456 e. The van der Waals surface area contributed by atoms with Gasteiger partial charge in [-0.25, -0.2) is 0 Å². The first-order valence-corrected chi connectivity index (χ1v) is 21.3. The van der Waals surface area contributed by atoms with Crippen molar-refractivity contribution >= 4 is 62.5 Å². The Morgan fingerprint density at radius 3 is 2.12 bits per heavy atom. The highest BCUT2D eigenvalue weighted by molar-refractivity contribution is 6.93. The maximum absolute atomic E-state index is 6.75. The molecule has 3 aliphatic heterocycles. The maximum Gasteiger partial charge on any atom is 0.328 e. The summed E-state index contributed by atoms with van der Waals surface area (Å²) >= 11 is 0. The van der Waals surface area contributed by atoms with E-state index in [4.69, 9.17) is 4.42 Å². The second-order valence-electron chi connectivity index (χ2n) is 20.2. The summed E-state index contributed by atoms with van der Waals surface area (Å²) in [6, 6.07) is 41.8. The third-order valence-corrected chi connectivity index (χ3v) is 14.7. The first-order valence-electron chi connectivity index (χ1n) is 21.3. The average molecular weight is 745 g/mol. The topological polar surface area (TPSA) is 19.6 Å². The van der Waals surface area contributed by atoms with Crippen LogP contribution >= 0.6 is 0 Å². The predicted molar refractivity (Wildman–Crippen MR) is 243 cm³/mol. The van der Waals surface area contributed by atoms with Crippen molar-refractivity contribution in [2.45, 2.75) is 110 Å². The molecule has 2 unspecified atom stereocenters. The molecule has 0 N–H and O–H groups in total. The van der Waals surface area contributed by atoms with E-state index >= 15 is 0 Å². The van der Waals surface area contributed by atoms with Crippen molar-refractivity contribution in [2.75, 3.05) is 9.71 Å². The van der Waals surface area contributed by atoms with Gasteiger partial charge in [-0.05, 0) is 118 Å². The molecule has 1 aromatic heterocycles. The number of aryl methyl sites for hydroxylation is 1. The van der Waals surface area contributed by atoms with Crippen LogP contribution in [0.4, 0.5) is 22.7 Å². The largest absolute Gasteiger partial charge is 0.456 e. The highest BCUT2D eigenvalue weighted by Crippen LogP contribution is 2.64. The Morgan fingerprint density at radius 1 is 0.632 bits per heavy atom. The average Bonchev–Trinajstić information content (AvgIpc) is 3.66. The van der Waals surface area contributed by atoms with Crippen LogP contribution in [0, 0.1) is 6.92 Å². The van der Waals surface area contributed by atoms with Gasteiger partial charge in [-0.15, -0.1) is 0 Å². The van der Waals surface area contributed by atoms with Crippen LogP contribution < -0.4 is 20.6 Å². The van der Waals surface area contributed by atoms with Crippen LogP contribution in [-0.2, 0) is 16.2 Å². The molecule has 0 amide bonds. The Morgan fingerprint density at radius 2 is 1.35 bits per heavy atom. The van der Waals surface area contributed by atoms with Crippen molar-refractivity contribution in [2.24, 2.45) is 0 Å². The van der Waals surface area contributed by atoms with Gasteiger partial charge < -0.3 is 14.1 Å². The summed E-state index contributed by atoms with van der Waals surface area (Å²) < 4.78 is 6.75. The molecular weight excluding hydrogens is 691 g/mol. The zero-order valence-electron chi connectivity index (χ0n) is 35.1. The van der Waals surface area contributed by atoms with Gasteiger partial charge >= 0.3 is 6.85 Å². The van der Waals surface area contributed by atoms with Crippen molar-refractivity contribution in [3.8, 4) is 22.3 Å². The molecule has 4 heterocycles. The quantitative estimate of drug-likeness (QED) is 0.164. The third-order valence-electron chi connectivity index (χ3n) is 14.7. The van der Waals surface area contributed by atoms with Crippen LogP contribution in [0.3, 0.4) is 0 Å². The zero-order chi connectivity index (χ0) is 39.4. The highest BCUT2D eigenvalue weighted by Gasteiger charge is 2.63. The Labute approximate surface area is 338 Å². The van der Waals surface area contributed by atoms with Crippen molar-refractivity contribution in [1.82, 2.24) is 0 Å². The second-order valence-corrected chi connectivity index (χ2v) is 20.2. The van der Waals surface area contributed by atoms with Crippen molar-refractivity contribution in [3.63, 3.8) is 0 Å². The van der Waals surface area contributed by atoms with E-state index in [-0.39, 0.29) is 28.6 Å². The fourth-order valence-electron chi connectivity index (χ4n) is 11.5. The van der Waals surface area contributed by atoms with Crippen molar-refractivity contribution in [3.05, 3.63) is 131 Å². The molecule has 0 bridgehead atoms. The molecule has 2 atom stereocenters. The van der Waals surface area contributed by atoms with E-state index in [9.17, 15) is 0 Å². The third kappa shape index (κ3) is 4.62. The lowest BCUT2D eigenvalue weighted by Gasteiger charge is -2.55. The summed E-state index contributed by atoms with van der Waals surface area (Å²) in [5.74, 6) is 0. The molecule has 0 radical (unpaired) electrons. The van der Waals surface area contributed by atoms with Crippen LogP contribution in [0.15, 0.2) is 114 Å². The lowest BCUT2D eigenvalue weighted by Crippen LogP contribution is -2.70. The van der Waals surface area contributed by atoms with Gasteiger partial charge in [0.15, 0.2) is 0 Å². The van der Waals surface area contributed by atoms with E-state index in [2.05, 4.69) is 181 Å². The summed E-state index contributed by atoms with van der Waals surface area (Å²) in [5.41, 5.74) is 20.7. The summed E-state index contributed by atoms with van der Waals surface area (Å²) in [6.45, 7) is 21.7. The van der Waals surface area contributed by atoms with Crippen LogP contribution in [0.1, 0.15) is 103 Å². The van der Waals surface area contributed by atoms with Gasteiger partial charge in [0.05, 0.1) is 16.8 Å². The normalized spacial score (nSPS) is 20.8. The molecule has 4 heteroatoms. The standard InChI is InChI=1S/C53H53BN2O/c1-32-27-38-39-30-35(51(5,6)7)31-40-48(39)56(53(9)26-16-15-25-52(40,53)8)54-41-22-24-45-46(36-19-13-14-20-44(36)57-45)49(41)55(43(28-32)47(38)54)42-23-21-34(50(2,3)4)29-37(42)33-17-11-10-12-18-33/h10-14,17-24,27-31H,15-16,25-26H2,1-9H3. The monoisotopic (exact) mass is 744 g/mol. The first kappa shape index (κ1) is 35.0. The Hall–Kier alpha value is -5.22. The van der Waals surface area contributed by atoms with Crippen LogP contribution in [0.5, 0.6) is 0 Å². The second kappa shape index (κ2) is 11.5. The van der Waals surface area contributed by atoms with E-state index < -0.39 is 0 Å². The van der Waals surface area contributed by atoms with Crippen LogP contribution in [0.25, 0.3) is 44.2 Å². The lowest BCUT2D eigenvalue weighted by atomic mass is 9.42. The SMILES string of the molecule is Cc1cc2c3c(c1)N(c1ccc(C(C)(C)C)cc1-c1ccccc1)c1c(ccc4oc5ccccc5c14)B3N1c3c-2cc(C(C)(C)C)cc3C2(C)CCCCC12C. The smallest absolute Gasteiger partial charge is 0.328 e. The number of nitrogens with zero attached hydrogens (tertiary/aromatic N) is 2. The number of furan rings is 1. The summed E-state index contributed by atoms with van der Waals surface area (Å²) in [4.78, 5) is 5.60. The number of hydrogen-bond acceptors (Lipinski definition) is 3. The van der Waals surface area contributed by atoms with Crippen LogP contribution in [0.2, 0.25) is 0 Å². The molecule has 4 aliphatic rings. The van der Waals surface area contributed by atoms with Gasteiger partial charge in [0.2, 0.25) is 0 Å². The summed E-state index contributed by atoms with van der Waals surface area (Å²) in [5, 5.41) is 2.36. The van der Waals surface area contributed by atoms with Crippen LogP contribution in [-0.4, -0.2) is 12.4 Å². The molecule has 1 fully saturated rings. The molecule has 1 aliphatic carbocycles. The predicted octanol–water partition coefficient (Wildman–Crippen LogP) is 13.1. The van der Waals surface area contributed by atoms with Gasteiger partial charge in [-0.2, -0.15) is 0 Å². The first-order chi connectivity index (χ1) is 27.2. The maximum atomic E-state index is 6.75. The Bertz CT molecular complexity index is 2840. The van der Waals surface area contributed by atoms with E-state index in [1.165, 1.54) is 109 Å². The number of para-hydroxylation sites is 1. The van der Waals surface area contributed by atoms with E-state index in [1.54, 1.807) is 5.56 Å².